The first-order valence-electron chi connectivity index (χ1n) is 7.53. The molecule has 0 saturated heterocycles. The number of aromatic nitrogens is 1. The summed E-state index contributed by atoms with van der Waals surface area (Å²) in [4.78, 5) is 7.27. The number of thiazole rings is 1. The zero-order valence-electron chi connectivity index (χ0n) is 13.2. The highest BCUT2D eigenvalue weighted by Gasteiger charge is 2.08. The number of nitrogens with zero attached hydrogens (tertiary/aromatic N) is 2. The van der Waals surface area contributed by atoms with Gasteiger partial charge >= 0.3 is 0 Å². The Labute approximate surface area is 139 Å². The molecule has 0 amide bonds. The van der Waals surface area contributed by atoms with E-state index in [-0.39, 0.29) is 0 Å². The van der Waals surface area contributed by atoms with Gasteiger partial charge in [-0.15, -0.1) is 22.7 Å². The van der Waals surface area contributed by atoms with Crippen LogP contribution in [0.2, 0.25) is 0 Å². The summed E-state index contributed by atoms with van der Waals surface area (Å²) < 4.78 is 2.34. The molecule has 0 aliphatic heterocycles. The predicted octanol–water partition coefficient (Wildman–Crippen LogP) is 5.54. The first-order valence-corrected chi connectivity index (χ1v) is 9.29. The Morgan fingerprint density at radius 1 is 1.09 bits per heavy atom. The van der Waals surface area contributed by atoms with Crippen LogP contribution < -0.4 is 4.80 Å². The molecule has 0 spiro atoms. The van der Waals surface area contributed by atoms with Crippen LogP contribution in [0.4, 0.5) is 5.69 Å². The molecule has 2 aromatic heterocycles. The van der Waals surface area contributed by atoms with Crippen LogP contribution in [0.3, 0.4) is 0 Å². The van der Waals surface area contributed by atoms with Crippen LogP contribution in [-0.2, 0) is 6.54 Å². The Kier molecular flexibility index (Phi) is 4.60. The van der Waals surface area contributed by atoms with E-state index < -0.39 is 0 Å². The number of rotatable bonds is 4. The third-order valence-electron chi connectivity index (χ3n) is 3.73. The summed E-state index contributed by atoms with van der Waals surface area (Å²) in [5, 5.41) is 4.35. The SMILES string of the molecule is CCCn1c(-c2cccs2)csc1=Nc1ccc(C)c(C)c1. The Hall–Kier alpha value is -1.65. The lowest BCUT2D eigenvalue weighted by atomic mass is 10.1. The molecule has 0 bridgehead atoms. The molecule has 0 unspecified atom stereocenters. The van der Waals surface area contributed by atoms with Crippen molar-refractivity contribution < 1.29 is 0 Å². The summed E-state index contributed by atoms with van der Waals surface area (Å²) >= 11 is 3.51. The van der Waals surface area contributed by atoms with Gasteiger partial charge in [-0.05, 0) is 55.0 Å². The molecule has 3 aromatic rings. The Morgan fingerprint density at radius 2 is 1.95 bits per heavy atom. The van der Waals surface area contributed by atoms with Crippen molar-refractivity contribution in [3.05, 3.63) is 57.0 Å². The number of benzene rings is 1. The lowest BCUT2D eigenvalue weighted by molar-refractivity contribution is 0.668. The number of thiophene rings is 1. The van der Waals surface area contributed by atoms with Crippen molar-refractivity contribution in [2.45, 2.75) is 33.7 Å². The van der Waals surface area contributed by atoms with Crippen LogP contribution in [0.15, 0.2) is 46.1 Å². The molecular formula is C18H20N2S2. The molecule has 22 heavy (non-hydrogen) atoms. The molecule has 1 aromatic carbocycles. The minimum atomic E-state index is 1.00. The van der Waals surface area contributed by atoms with E-state index in [0.717, 1.165) is 23.5 Å². The lowest BCUT2D eigenvalue weighted by Gasteiger charge is -2.06. The fourth-order valence-electron chi connectivity index (χ4n) is 2.39. The summed E-state index contributed by atoms with van der Waals surface area (Å²) in [7, 11) is 0. The Balaban J connectivity index is 2.10. The first kappa shape index (κ1) is 15.3. The number of aryl methyl sites for hydroxylation is 2. The molecule has 0 aliphatic rings. The van der Waals surface area contributed by atoms with Gasteiger partial charge in [-0.2, -0.15) is 0 Å². The Bertz CT molecular complexity index is 823. The predicted molar refractivity (Wildman–Crippen MR) is 97.1 cm³/mol. The molecule has 0 radical (unpaired) electrons. The van der Waals surface area contributed by atoms with Gasteiger partial charge in [0.1, 0.15) is 0 Å². The lowest BCUT2D eigenvalue weighted by Crippen LogP contribution is -2.15. The molecule has 0 N–H and O–H groups in total. The van der Waals surface area contributed by atoms with Crippen LogP contribution in [-0.4, -0.2) is 4.57 Å². The minimum absolute atomic E-state index is 1.00. The summed E-state index contributed by atoms with van der Waals surface area (Å²) in [5.41, 5.74) is 4.92. The summed E-state index contributed by atoms with van der Waals surface area (Å²) in [5.74, 6) is 0. The van der Waals surface area contributed by atoms with E-state index in [1.165, 1.54) is 21.7 Å². The highest BCUT2D eigenvalue weighted by atomic mass is 32.1. The molecule has 0 saturated carbocycles. The Morgan fingerprint density at radius 3 is 2.64 bits per heavy atom. The maximum atomic E-state index is 4.88. The molecule has 114 valence electrons. The second-order valence-electron chi connectivity index (χ2n) is 5.41. The van der Waals surface area contributed by atoms with Crippen LogP contribution in [0.1, 0.15) is 24.5 Å². The van der Waals surface area contributed by atoms with Gasteiger partial charge < -0.3 is 4.57 Å². The average molecular weight is 329 g/mol. The topological polar surface area (TPSA) is 17.3 Å². The van der Waals surface area contributed by atoms with Crippen molar-refractivity contribution in [1.82, 2.24) is 4.57 Å². The van der Waals surface area contributed by atoms with E-state index in [4.69, 9.17) is 4.99 Å². The minimum Gasteiger partial charge on any atom is -0.316 e. The highest BCUT2D eigenvalue weighted by Crippen LogP contribution is 2.26. The van der Waals surface area contributed by atoms with Crippen LogP contribution in [0.25, 0.3) is 10.6 Å². The van der Waals surface area contributed by atoms with Crippen LogP contribution >= 0.6 is 22.7 Å². The molecule has 0 aliphatic carbocycles. The summed E-state index contributed by atoms with van der Waals surface area (Å²) in [6, 6.07) is 10.7. The third kappa shape index (κ3) is 3.08. The van der Waals surface area contributed by atoms with Crippen LogP contribution in [0.5, 0.6) is 0 Å². The van der Waals surface area contributed by atoms with Crippen molar-refractivity contribution in [3.8, 4) is 10.6 Å². The molecule has 3 rings (SSSR count). The van der Waals surface area contributed by atoms with Crippen molar-refractivity contribution in [3.63, 3.8) is 0 Å². The molecule has 2 nitrogen and oxygen atoms in total. The van der Waals surface area contributed by atoms with E-state index in [1.54, 1.807) is 22.7 Å². The standard InChI is InChI=1S/C18H20N2S2/c1-4-9-20-16(17-6-5-10-21-17)12-22-18(20)19-15-8-7-13(2)14(3)11-15/h5-8,10-12H,4,9H2,1-3H3. The number of hydrogen-bond acceptors (Lipinski definition) is 3. The largest absolute Gasteiger partial charge is 0.316 e. The second-order valence-corrected chi connectivity index (χ2v) is 7.20. The quantitative estimate of drug-likeness (QED) is 0.598. The van der Waals surface area contributed by atoms with Gasteiger partial charge in [0.2, 0.25) is 0 Å². The zero-order chi connectivity index (χ0) is 15.5. The van der Waals surface area contributed by atoms with Crippen molar-refractivity contribution in [2.24, 2.45) is 4.99 Å². The van der Waals surface area contributed by atoms with Crippen molar-refractivity contribution in [2.75, 3.05) is 0 Å². The molecular weight excluding hydrogens is 308 g/mol. The maximum absolute atomic E-state index is 4.88. The van der Waals surface area contributed by atoms with Crippen LogP contribution in [0, 0.1) is 13.8 Å². The summed E-state index contributed by atoms with van der Waals surface area (Å²) in [6.07, 6.45) is 1.11. The summed E-state index contributed by atoms with van der Waals surface area (Å²) in [6.45, 7) is 7.49. The fourth-order valence-corrected chi connectivity index (χ4v) is 4.16. The number of hydrogen-bond donors (Lipinski definition) is 0. The second kappa shape index (κ2) is 6.63. The van der Waals surface area contributed by atoms with E-state index in [1.807, 2.05) is 0 Å². The zero-order valence-corrected chi connectivity index (χ0v) is 14.8. The third-order valence-corrected chi connectivity index (χ3v) is 5.49. The maximum Gasteiger partial charge on any atom is 0.190 e. The van der Waals surface area contributed by atoms with Gasteiger partial charge in [0.05, 0.1) is 16.3 Å². The molecule has 0 atom stereocenters. The highest BCUT2D eigenvalue weighted by molar-refractivity contribution is 7.14. The van der Waals surface area contributed by atoms with E-state index in [2.05, 4.69) is 66.4 Å². The van der Waals surface area contributed by atoms with E-state index >= 15 is 0 Å². The fraction of sp³-hybridized carbons (Fsp3) is 0.278. The van der Waals surface area contributed by atoms with Gasteiger partial charge in [-0.1, -0.05) is 19.1 Å². The molecule has 4 heteroatoms. The van der Waals surface area contributed by atoms with Gasteiger partial charge in [-0.3, -0.25) is 0 Å². The van der Waals surface area contributed by atoms with E-state index in [9.17, 15) is 0 Å². The van der Waals surface area contributed by atoms with Gasteiger partial charge in [0.15, 0.2) is 4.80 Å². The smallest absolute Gasteiger partial charge is 0.190 e. The molecule has 2 heterocycles. The van der Waals surface area contributed by atoms with E-state index in [0.29, 0.717) is 0 Å². The molecule has 0 fully saturated rings. The monoisotopic (exact) mass is 328 g/mol. The van der Waals surface area contributed by atoms with Gasteiger partial charge in [0.25, 0.3) is 0 Å². The van der Waals surface area contributed by atoms with Gasteiger partial charge in [-0.25, -0.2) is 4.99 Å². The normalized spacial score (nSPS) is 12.0. The average Bonchev–Trinajstić information content (AvgIpc) is 3.14. The first-order chi connectivity index (χ1) is 10.7. The van der Waals surface area contributed by atoms with Crippen molar-refractivity contribution >= 4 is 28.4 Å². The van der Waals surface area contributed by atoms with Gasteiger partial charge in [0, 0.05) is 11.9 Å². The van der Waals surface area contributed by atoms with Crippen molar-refractivity contribution in [1.29, 1.82) is 0 Å².